The molecule has 2 aromatic carbocycles. The molecule has 138 valence electrons. The summed E-state index contributed by atoms with van der Waals surface area (Å²) in [6.07, 6.45) is 0. The molecule has 3 N–H and O–H groups in total. The van der Waals surface area contributed by atoms with Crippen molar-refractivity contribution in [2.75, 3.05) is 37.4 Å². The van der Waals surface area contributed by atoms with E-state index in [9.17, 15) is 9.59 Å². The molecule has 2 amide bonds. The first-order chi connectivity index (χ1) is 12.0. The van der Waals surface area contributed by atoms with Crippen molar-refractivity contribution < 1.29 is 14.3 Å². The minimum atomic E-state index is -0.225. The average Bonchev–Trinajstić information content (AvgIpc) is 2.64. The molecule has 6 nitrogen and oxygen atoms in total. The number of hydrogen-bond donors (Lipinski definition) is 2. The average molecular weight is 376 g/mol. The SMILES string of the molecule is Cc1ccc(N)cc1C(=O)Nc1ccc(C(=O)N2CCOCC2)cc1.Cl. The van der Waals surface area contributed by atoms with Gasteiger partial charge in [0.1, 0.15) is 0 Å². The van der Waals surface area contributed by atoms with Crippen molar-refractivity contribution in [3.63, 3.8) is 0 Å². The second-order valence-corrected chi connectivity index (χ2v) is 6.01. The zero-order chi connectivity index (χ0) is 17.8. The van der Waals surface area contributed by atoms with E-state index in [-0.39, 0.29) is 24.2 Å². The summed E-state index contributed by atoms with van der Waals surface area (Å²) >= 11 is 0. The molecule has 1 aliphatic rings. The molecular formula is C19H22ClN3O3. The van der Waals surface area contributed by atoms with Gasteiger partial charge in [0.2, 0.25) is 0 Å². The lowest BCUT2D eigenvalue weighted by Gasteiger charge is -2.26. The van der Waals surface area contributed by atoms with Gasteiger partial charge in [0.25, 0.3) is 11.8 Å². The van der Waals surface area contributed by atoms with Crippen LogP contribution < -0.4 is 11.1 Å². The van der Waals surface area contributed by atoms with Crippen molar-refractivity contribution in [2.45, 2.75) is 6.92 Å². The fraction of sp³-hybridized carbons (Fsp3) is 0.263. The lowest BCUT2D eigenvalue weighted by molar-refractivity contribution is 0.0303. The number of nitrogens with zero attached hydrogens (tertiary/aromatic N) is 1. The quantitative estimate of drug-likeness (QED) is 0.808. The Morgan fingerprint density at radius 3 is 2.38 bits per heavy atom. The number of aryl methyl sites for hydroxylation is 1. The summed E-state index contributed by atoms with van der Waals surface area (Å²) in [5, 5.41) is 2.83. The molecule has 0 bridgehead atoms. The van der Waals surface area contributed by atoms with Gasteiger partial charge < -0.3 is 20.7 Å². The van der Waals surface area contributed by atoms with E-state index in [2.05, 4.69) is 5.32 Å². The number of rotatable bonds is 3. The third-order valence-electron chi connectivity index (χ3n) is 4.19. The van der Waals surface area contributed by atoms with Crippen LogP contribution in [0, 0.1) is 6.92 Å². The number of morpholine rings is 1. The number of halogens is 1. The summed E-state index contributed by atoms with van der Waals surface area (Å²) in [7, 11) is 0. The third kappa shape index (κ3) is 4.53. The van der Waals surface area contributed by atoms with Crippen LogP contribution in [0.2, 0.25) is 0 Å². The molecule has 3 rings (SSSR count). The minimum absolute atomic E-state index is 0. The van der Waals surface area contributed by atoms with E-state index in [1.54, 1.807) is 41.3 Å². The van der Waals surface area contributed by atoms with Crippen LogP contribution in [0.25, 0.3) is 0 Å². The number of carbonyl (C=O) groups is 2. The number of carbonyl (C=O) groups excluding carboxylic acids is 2. The summed E-state index contributed by atoms with van der Waals surface area (Å²) in [6.45, 7) is 4.20. The lowest BCUT2D eigenvalue weighted by Crippen LogP contribution is -2.40. The van der Waals surface area contributed by atoms with E-state index >= 15 is 0 Å². The first-order valence-corrected chi connectivity index (χ1v) is 8.19. The van der Waals surface area contributed by atoms with Gasteiger partial charge in [-0.2, -0.15) is 0 Å². The molecule has 0 radical (unpaired) electrons. The van der Waals surface area contributed by atoms with Crippen LogP contribution in [0.5, 0.6) is 0 Å². The molecular weight excluding hydrogens is 354 g/mol. The fourth-order valence-electron chi connectivity index (χ4n) is 2.73. The Balaban J connectivity index is 0.00000243. The highest BCUT2D eigenvalue weighted by atomic mass is 35.5. The number of benzene rings is 2. The molecule has 0 saturated carbocycles. The smallest absolute Gasteiger partial charge is 0.256 e. The summed E-state index contributed by atoms with van der Waals surface area (Å²) < 4.78 is 5.26. The van der Waals surface area contributed by atoms with Crippen molar-refractivity contribution in [2.24, 2.45) is 0 Å². The maximum absolute atomic E-state index is 12.4. The fourth-order valence-corrected chi connectivity index (χ4v) is 2.73. The van der Waals surface area contributed by atoms with E-state index in [1.165, 1.54) is 0 Å². The predicted octanol–water partition coefficient (Wildman–Crippen LogP) is 2.72. The van der Waals surface area contributed by atoms with Crippen LogP contribution in [0.1, 0.15) is 26.3 Å². The third-order valence-corrected chi connectivity index (χ3v) is 4.19. The zero-order valence-electron chi connectivity index (χ0n) is 14.5. The van der Waals surface area contributed by atoms with Gasteiger partial charge in [-0.3, -0.25) is 9.59 Å². The molecule has 1 aliphatic heterocycles. The highest BCUT2D eigenvalue weighted by Crippen LogP contribution is 2.17. The molecule has 0 unspecified atom stereocenters. The van der Waals surface area contributed by atoms with Gasteiger partial charge in [-0.15, -0.1) is 12.4 Å². The van der Waals surface area contributed by atoms with Gasteiger partial charge in [0.15, 0.2) is 0 Å². The number of nitrogens with two attached hydrogens (primary N) is 1. The van der Waals surface area contributed by atoms with Gasteiger partial charge in [0.05, 0.1) is 13.2 Å². The van der Waals surface area contributed by atoms with E-state index in [0.29, 0.717) is 48.8 Å². The van der Waals surface area contributed by atoms with Crippen molar-refractivity contribution >= 4 is 35.6 Å². The molecule has 0 spiro atoms. The molecule has 1 fully saturated rings. The van der Waals surface area contributed by atoms with Crippen LogP contribution in [0.3, 0.4) is 0 Å². The number of hydrogen-bond acceptors (Lipinski definition) is 4. The summed E-state index contributed by atoms with van der Waals surface area (Å²) in [5.74, 6) is -0.245. The molecule has 7 heteroatoms. The maximum Gasteiger partial charge on any atom is 0.256 e. The molecule has 0 atom stereocenters. The molecule has 0 aliphatic carbocycles. The second-order valence-electron chi connectivity index (χ2n) is 6.01. The van der Waals surface area contributed by atoms with Crippen LogP contribution in [-0.4, -0.2) is 43.0 Å². The number of nitrogen functional groups attached to an aromatic ring is 1. The topological polar surface area (TPSA) is 84.7 Å². The number of amides is 2. The zero-order valence-corrected chi connectivity index (χ0v) is 15.3. The second kappa shape index (κ2) is 8.69. The van der Waals surface area contributed by atoms with Crippen LogP contribution in [0.4, 0.5) is 11.4 Å². The number of anilines is 2. The Kier molecular flexibility index (Phi) is 6.60. The van der Waals surface area contributed by atoms with Crippen molar-refractivity contribution in [1.82, 2.24) is 4.90 Å². The largest absolute Gasteiger partial charge is 0.399 e. The minimum Gasteiger partial charge on any atom is -0.399 e. The Morgan fingerprint density at radius 2 is 1.73 bits per heavy atom. The normalized spacial score (nSPS) is 13.7. The van der Waals surface area contributed by atoms with Crippen molar-refractivity contribution in [3.8, 4) is 0 Å². The van der Waals surface area contributed by atoms with Gasteiger partial charge in [0, 0.05) is 35.6 Å². The first-order valence-electron chi connectivity index (χ1n) is 8.19. The highest BCUT2D eigenvalue weighted by Gasteiger charge is 2.18. The standard InChI is InChI=1S/C19H21N3O3.ClH/c1-13-2-5-15(20)12-17(13)18(23)21-16-6-3-14(4-7-16)19(24)22-8-10-25-11-9-22;/h2-7,12H,8-11,20H2,1H3,(H,21,23);1H. The van der Waals surface area contributed by atoms with E-state index in [1.807, 2.05) is 13.0 Å². The molecule has 0 aromatic heterocycles. The van der Waals surface area contributed by atoms with Gasteiger partial charge in [-0.25, -0.2) is 0 Å². The van der Waals surface area contributed by atoms with E-state index < -0.39 is 0 Å². The van der Waals surface area contributed by atoms with Crippen LogP contribution in [-0.2, 0) is 4.74 Å². The molecule has 2 aromatic rings. The highest BCUT2D eigenvalue weighted by molar-refractivity contribution is 6.06. The van der Waals surface area contributed by atoms with Crippen molar-refractivity contribution in [3.05, 3.63) is 59.2 Å². The van der Waals surface area contributed by atoms with Gasteiger partial charge in [-0.1, -0.05) is 6.07 Å². The Hall–Kier alpha value is -2.57. The maximum atomic E-state index is 12.4. The number of ether oxygens (including phenoxy) is 1. The summed E-state index contributed by atoms with van der Waals surface area (Å²) in [6, 6.07) is 12.1. The van der Waals surface area contributed by atoms with E-state index in [0.717, 1.165) is 5.56 Å². The lowest BCUT2D eigenvalue weighted by atomic mass is 10.1. The van der Waals surface area contributed by atoms with Crippen molar-refractivity contribution in [1.29, 1.82) is 0 Å². The summed E-state index contributed by atoms with van der Waals surface area (Å²) in [4.78, 5) is 26.6. The van der Waals surface area contributed by atoms with Crippen LogP contribution >= 0.6 is 12.4 Å². The molecule has 1 heterocycles. The summed E-state index contributed by atoms with van der Waals surface area (Å²) in [5.41, 5.74) is 8.91. The predicted molar refractivity (Wildman–Crippen MR) is 104 cm³/mol. The Labute approximate surface area is 158 Å². The van der Waals surface area contributed by atoms with Crippen LogP contribution in [0.15, 0.2) is 42.5 Å². The van der Waals surface area contributed by atoms with Gasteiger partial charge in [-0.05, 0) is 48.9 Å². The van der Waals surface area contributed by atoms with E-state index in [4.69, 9.17) is 10.5 Å². The number of nitrogens with one attached hydrogen (secondary N) is 1. The Bertz CT molecular complexity index is 787. The first kappa shape index (κ1) is 19.8. The molecule has 26 heavy (non-hydrogen) atoms. The Morgan fingerprint density at radius 1 is 1.08 bits per heavy atom. The van der Waals surface area contributed by atoms with Gasteiger partial charge >= 0.3 is 0 Å². The molecule has 1 saturated heterocycles. The monoisotopic (exact) mass is 375 g/mol.